The lowest BCUT2D eigenvalue weighted by molar-refractivity contribution is 0.122. The van der Waals surface area contributed by atoms with Gasteiger partial charge in [-0.15, -0.1) is 0 Å². The predicted molar refractivity (Wildman–Crippen MR) is 132 cm³/mol. The van der Waals surface area contributed by atoms with Crippen molar-refractivity contribution in [3.8, 4) is 34.3 Å². The lowest BCUT2D eigenvalue weighted by Gasteiger charge is -2.28. The zero-order chi connectivity index (χ0) is 23.9. The maximum atomic E-state index is 10.1. The van der Waals surface area contributed by atoms with Crippen LogP contribution in [0.3, 0.4) is 0 Å². The first-order valence-corrected chi connectivity index (χ1v) is 11.4. The first kappa shape index (κ1) is 21.2. The molecule has 35 heavy (non-hydrogen) atoms. The number of hydrogen-bond donors (Lipinski definition) is 1. The summed E-state index contributed by atoms with van der Waals surface area (Å²) in [6, 6.07) is 11.3. The van der Waals surface area contributed by atoms with Gasteiger partial charge < -0.3 is 19.3 Å². The van der Waals surface area contributed by atoms with Crippen LogP contribution in [0.1, 0.15) is 5.56 Å². The Bertz CT molecular complexity index is 1520. The van der Waals surface area contributed by atoms with Gasteiger partial charge in [-0.2, -0.15) is 15.1 Å². The number of hydrogen-bond acceptors (Lipinski definition) is 8. The molecule has 176 valence electrons. The van der Waals surface area contributed by atoms with Crippen LogP contribution in [-0.4, -0.2) is 65.7 Å². The lowest BCUT2D eigenvalue weighted by atomic mass is 10.1. The summed E-state index contributed by atoms with van der Waals surface area (Å²) in [4.78, 5) is 21.0. The Morgan fingerprint density at radius 3 is 2.51 bits per heavy atom. The van der Waals surface area contributed by atoms with Crippen LogP contribution in [-0.2, 0) is 11.8 Å². The average Bonchev–Trinajstić information content (AvgIpc) is 3.52. The summed E-state index contributed by atoms with van der Waals surface area (Å²) in [5.41, 5.74) is 4.77. The van der Waals surface area contributed by atoms with Gasteiger partial charge in [0.15, 0.2) is 17.0 Å². The Morgan fingerprint density at radius 1 is 0.943 bits per heavy atom. The standard InChI is InChI=1S/C25H24N8O2/c1-16-3-4-18(15-20(16)34)19-7-10-33(30-19)25-28-23-21(24(29-25)32-11-13-35-14-12-32)27-22(31(23)2)17-5-8-26-9-6-17/h3-10,15,34H,11-14H2,1-2H3. The number of benzene rings is 1. The predicted octanol–water partition coefficient (Wildman–Crippen LogP) is 3.13. The van der Waals surface area contributed by atoms with E-state index < -0.39 is 0 Å². The summed E-state index contributed by atoms with van der Waals surface area (Å²) in [5, 5.41) is 14.8. The minimum atomic E-state index is 0.239. The molecule has 0 atom stereocenters. The largest absolute Gasteiger partial charge is 0.508 e. The maximum Gasteiger partial charge on any atom is 0.254 e. The second-order valence-electron chi connectivity index (χ2n) is 8.50. The molecule has 1 aliphatic rings. The molecule has 0 radical (unpaired) electrons. The molecule has 0 amide bonds. The Balaban J connectivity index is 1.49. The second-order valence-corrected chi connectivity index (χ2v) is 8.50. The Hall–Kier alpha value is -4.31. The molecule has 0 aliphatic carbocycles. The van der Waals surface area contributed by atoms with Gasteiger partial charge >= 0.3 is 0 Å². The molecule has 4 aromatic heterocycles. The third-order valence-corrected chi connectivity index (χ3v) is 6.24. The fraction of sp³-hybridized carbons (Fsp3) is 0.240. The maximum absolute atomic E-state index is 10.1. The molecular formula is C25H24N8O2. The van der Waals surface area contributed by atoms with Crippen molar-refractivity contribution in [2.75, 3.05) is 31.2 Å². The monoisotopic (exact) mass is 468 g/mol. The smallest absolute Gasteiger partial charge is 0.254 e. The summed E-state index contributed by atoms with van der Waals surface area (Å²) in [6.45, 7) is 4.57. The first-order valence-electron chi connectivity index (χ1n) is 11.4. The summed E-state index contributed by atoms with van der Waals surface area (Å²) in [6.07, 6.45) is 5.34. The van der Waals surface area contributed by atoms with E-state index >= 15 is 0 Å². The van der Waals surface area contributed by atoms with Crippen LogP contribution in [0, 0.1) is 6.92 Å². The van der Waals surface area contributed by atoms with Crippen molar-refractivity contribution in [2.45, 2.75) is 6.92 Å². The molecule has 10 nitrogen and oxygen atoms in total. The Kier molecular flexibility index (Phi) is 5.14. The van der Waals surface area contributed by atoms with Gasteiger partial charge in [0.2, 0.25) is 0 Å². The van der Waals surface area contributed by atoms with Crippen molar-refractivity contribution in [1.29, 1.82) is 0 Å². The molecule has 0 saturated carbocycles. The van der Waals surface area contributed by atoms with Gasteiger partial charge in [-0.3, -0.25) is 4.98 Å². The normalized spacial score (nSPS) is 14.1. The van der Waals surface area contributed by atoms with E-state index in [1.165, 1.54) is 0 Å². The van der Waals surface area contributed by atoms with Crippen LogP contribution in [0.15, 0.2) is 55.0 Å². The lowest BCUT2D eigenvalue weighted by Crippen LogP contribution is -2.37. The van der Waals surface area contributed by atoms with E-state index in [1.807, 2.05) is 55.1 Å². The number of rotatable bonds is 4. The molecule has 1 aliphatic heterocycles. The average molecular weight is 469 g/mol. The number of aryl methyl sites for hydroxylation is 2. The highest BCUT2D eigenvalue weighted by Crippen LogP contribution is 2.30. The minimum absolute atomic E-state index is 0.239. The molecule has 1 fully saturated rings. The molecule has 0 bridgehead atoms. The first-order chi connectivity index (χ1) is 17.1. The van der Waals surface area contributed by atoms with Crippen molar-refractivity contribution >= 4 is 17.0 Å². The van der Waals surface area contributed by atoms with Crippen molar-refractivity contribution in [1.82, 2.24) is 34.3 Å². The number of fused-ring (bicyclic) bond motifs is 1. The van der Waals surface area contributed by atoms with E-state index in [2.05, 4.69) is 9.88 Å². The molecule has 1 aromatic carbocycles. The van der Waals surface area contributed by atoms with E-state index in [0.717, 1.165) is 52.6 Å². The summed E-state index contributed by atoms with van der Waals surface area (Å²) >= 11 is 0. The van der Waals surface area contributed by atoms with E-state index in [0.29, 0.717) is 24.8 Å². The van der Waals surface area contributed by atoms with Crippen molar-refractivity contribution in [2.24, 2.45) is 7.05 Å². The van der Waals surface area contributed by atoms with Crippen molar-refractivity contribution in [3.05, 3.63) is 60.6 Å². The van der Waals surface area contributed by atoms with Crippen LogP contribution in [0.2, 0.25) is 0 Å². The highest BCUT2D eigenvalue weighted by Gasteiger charge is 2.23. The number of aromatic hydroxyl groups is 1. The molecule has 6 rings (SSSR count). The quantitative estimate of drug-likeness (QED) is 0.429. The second kappa shape index (κ2) is 8.48. The zero-order valence-electron chi connectivity index (χ0n) is 19.5. The van der Waals surface area contributed by atoms with E-state index in [9.17, 15) is 5.11 Å². The number of pyridine rings is 1. The third kappa shape index (κ3) is 3.77. The highest BCUT2D eigenvalue weighted by molar-refractivity contribution is 5.87. The van der Waals surface area contributed by atoms with Gasteiger partial charge in [-0.25, -0.2) is 9.67 Å². The van der Waals surface area contributed by atoms with E-state index in [1.54, 1.807) is 23.1 Å². The van der Waals surface area contributed by atoms with E-state index in [-0.39, 0.29) is 5.75 Å². The van der Waals surface area contributed by atoms with Crippen LogP contribution in [0.5, 0.6) is 5.75 Å². The van der Waals surface area contributed by atoms with Crippen LogP contribution in [0.25, 0.3) is 39.8 Å². The number of ether oxygens (including phenoxy) is 1. The fourth-order valence-electron chi connectivity index (χ4n) is 4.25. The van der Waals surface area contributed by atoms with Gasteiger partial charge in [0, 0.05) is 49.9 Å². The minimum Gasteiger partial charge on any atom is -0.508 e. The third-order valence-electron chi connectivity index (χ3n) is 6.24. The Morgan fingerprint density at radius 2 is 1.74 bits per heavy atom. The number of morpholine rings is 1. The molecule has 5 heterocycles. The van der Waals surface area contributed by atoms with Gasteiger partial charge in [0.05, 0.1) is 18.9 Å². The molecule has 10 heteroatoms. The van der Waals surface area contributed by atoms with Gasteiger partial charge in [0.25, 0.3) is 5.95 Å². The number of aromatic nitrogens is 7. The summed E-state index contributed by atoms with van der Waals surface area (Å²) in [7, 11) is 1.95. The van der Waals surface area contributed by atoms with Gasteiger partial charge in [-0.1, -0.05) is 12.1 Å². The molecular weight excluding hydrogens is 444 g/mol. The Labute approximate surface area is 201 Å². The van der Waals surface area contributed by atoms with E-state index in [4.69, 9.17) is 24.8 Å². The highest BCUT2D eigenvalue weighted by atomic mass is 16.5. The molecule has 1 N–H and O–H groups in total. The fourth-order valence-corrected chi connectivity index (χ4v) is 4.25. The zero-order valence-corrected chi connectivity index (χ0v) is 19.5. The molecule has 0 unspecified atom stereocenters. The van der Waals surface area contributed by atoms with Crippen molar-refractivity contribution in [3.63, 3.8) is 0 Å². The van der Waals surface area contributed by atoms with Gasteiger partial charge in [0.1, 0.15) is 11.6 Å². The number of anilines is 1. The van der Waals surface area contributed by atoms with Crippen LogP contribution in [0.4, 0.5) is 5.82 Å². The molecule has 5 aromatic rings. The molecule has 0 spiro atoms. The number of phenolic OH excluding ortho intramolecular Hbond substituents is 1. The molecule has 1 saturated heterocycles. The van der Waals surface area contributed by atoms with Gasteiger partial charge in [-0.05, 0) is 36.8 Å². The summed E-state index contributed by atoms with van der Waals surface area (Å²) in [5.74, 6) is 2.24. The number of phenols is 1. The number of nitrogens with zero attached hydrogens (tertiary/aromatic N) is 8. The van der Waals surface area contributed by atoms with Crippen LogP contribution >= 0.6 is 0 Å². The SMILES string of the molecule is Cc1ccc(-c2ccn(-c3nc(N4CCOCC4)c4nc(-c5ccncc5)n(C)c4n3)n2)cc1O. The van der Waals surface area contributed by atoms with Crippen molar-refractivity contribution < 1.29 is 9.84 Å². The van der Waals surface area contributed by atoms with Crippen LogP contribution < -0.4 is 4.90 Å². The summed E-state index contributed by atoms with van der Waals surface area (Å²) < 4.78 is 9.20. The topological polar surface area (TPSA) is 107 Å². The number of imidazole rings is 1.